The SMILES string of the molecule is Cc1ccc(Sc2cc(NC(=O)c3cc4nc(-c5ccc(F)cc5)cc(C(F)(F)F)n4n3)cc([N+](=O)[O-])c2)cc1. The molecule has 0 aliphatic heterocycles. The normalized spacial score (nSPS) is 11.5. The largest absolute Gasteiger partial charge is 0.433 e. The van der Waals surface area contributed by atoms with Gasteiger partial charge >= 0.3 is 6.18 Å². The molecule has 0 radical (unpaired) electrons. The van der Waals surface area contributed by atoms with Crippen LogP contribution in [0.5, 0.6) is 0 Å². The van der Waals surface area contributed by atoms with E-state index in [0.29, 0.717) is 9.41 Å². The molecule has 5 aromatic rings. The fourth-order valence-electron chi connectivity index (χ4n) is 3.81. The Bertz CT molecular complexity index is 1750. The summed E-state index contributed by atoms with van der Waals surface area (Å²) in [7, 11) is 0. The van der Waals surface area contributed by atoms with Crippen molar-refractivity contribution in [1.29, 1.82) is 0 Å². The van der Waals surface area contributed by atoms with Crippen LogP contribution in [0.3, 0.4) is 0 Å². The molecular formula is C27H17F4N5O3S. The van der Waals surface area contributed by atoms with Gasteiger partial charge in [-0.3, -0.25) is 14.9 Å². The van der Waals surface area contributed by atoms with Gasteiger partial charge in [-0.15, -0.1) is 0 Å². The lowest BCUT2D eigenvalue weighted by molar-refractivity contribution is -0.385. The van der Waals surface area contributed by atoms with Crippen molar-refractivity contribution in [1.82, 2.24) is 14.6 Å². The molecule has 0 bridgehead atoms. The quantitative estimate of drug-likeness (QED) is 0.133. The van der Waals surface area contributed by atoms with Crippen LogP contribution >= 0.6 is 11.8 Å². The van der Waals surface area contributed by atoms with Gasteiger partial charge in [0.25, 0.3) is 11.6 Å². The molecule has 0 saturated carbocycles. The monoisotopic (exact) mass is 567 g/mol. The minimum Gasteiger partial charge on any atom is -0.320 e. The zero-order valence-corrected chi connectivity index (χ0v) is 21.3. The van der Waals surface area contributed by atoms with Crippen molar-refractivity contribution >= 4 is 34.7 Å². The fourth-order valence-corrected chi connectivity index (χ4v) is 4.72. The van der Waals surface area contributed by atoms with Gasteiger partial charge in [0.2, 0.25) is 0 Å². The molecule has 40 heavy (non-hydrogen) atoms. The maximum absolute atomic E-state index is 13.9. The van der Waals surface area contributed by atoms with Gasteiger partial charge in [-0.1, -0.05) is 29.5 Å². The summed E-state index contributed by atoms with van der Waals surface area (Å²) in [6, 6.07) is 18.0. The van der Waals surface area contributed by atoms with Gasteiger partial charge in [-0.2, -0.15) is 18.3 Å². The van der Waals surface area contributed by atoms with E-state index in [1.165, 1.54) is 36.0 Å². The highest BCUT2D eigenvalue weighted by Crippen LogP contribution is 2.34. The van der Waals surface area contributed by atoms with Crippen molar-refractivity contribution in [3.8, 4) is 11.3 Å². The molecule has 2 heterocycles. The number of rotatable bonds is 6. The fraction of sp³-hybridized carbons (Fsp3) is 0.0741. The maximum atomic E-state index is 13.9. The van der Waals surface area contributed by atoms with E-state index in [1.54, 1.807) is 0 Å². The van der Waals surface area contributed by atoms with Crippen LogP contribution in [-0.4, -0.2) is 25.4 Å². The second-order valence-corrected chi connectivity index (χ2v) is 9.82. The van der Waals surface area contributed by atoms with Crippen LogP contribution < -0.4 is 5.32 Å². The number of benzene rings is 3. The summed E-state index contributed by atoms with van der Waals surface area (Å²) in [5.41, 5.74) is -0.906. The average Bonchev–Trinajstić information content (AvgIpc) is 3.33. The van der Waals surface area contributed by atoms with E-state index in [-0.39, 0.29) is 28.3 Å². The molecule has 0 aliphatic rings. The van der Waals surface area contributed by atoms with Crippen molar-refractivity contribution in [2.75, 3.05) is 5.32 Å². The number of hydrogen-bond donors (Lipinski definition) is 1. The number of hydrogen-bond acceptors (Lipinski definition) is 6. The first-order chi connectivity index (χ1) is 19.0. The lowest BCUT2D eigenvalue weighted by Crippen LogP contribution is -2.16. The Morgan fingerprint density at radius 2 is 1.68 bits per heavy atom. The van der Waals surface area contributed by atoms with Crippen molar-refractivity contribution in [2.24, 2.45) is 0 Å². The Hall–Kier alpha value is -4.78. The van der Waals surface area contributed by atoms with Crippen LogP contribution in [-0.2, 0) is 6.18 Å². The number of nitrogens with zero attached hydrogens (tertiary/aromatic N) is 4. The average molecular weight is 568 g/mol. The highest BCUT2D eigenvalue weighted by atomic mass is 32.2. The number of amides is 1. The number of alkyl halides is 3. The van der Waals surface area contributed by atoms with Gasteiger partial charge < -0.3 is 5.32 Å². The topological polar surface area (TPSA) is 102 Å². The van der Waals surface area contributed by atoms with E-state index >= 15 is 0 Å². The maximum Gasteiger partial charge on any atom is 0.433 e. The second kappa shape index (κ2) is 10.4. The summed E-state index contributed by atoms with van der Waals surface area (Å²) in [5, 5.41) is 17.8. The van der Waals surface area contributed by atoms with Crippen LogP contribution in [0.2, 0.25) is 0 Å². The van der Waals surface area contributed by atoms with Gasteiger partial charge in [0.05, 0.1) is 10.6 Å². The molecule has 1 N–H and O–H groups in total. The lowest BCUT2D eigenvalue weighted by Gasteiger charge is -2.11. The van der Waals surface area contributed by atoms with Gasteiger partial charge in [0, 0.05) is 39.2 Å². The van der Waals surface area contributed by atoms with Crippen LogP contribution in [0.4, 0.5) is 28.9 Å². The molecule has 0 saturated heterocycles. The van der Waals surface area contributed by atoms with E-state index < -0.39 is 34.2 Å². The highest BCUT2D eigenvalue weighted by Gasteiger charge is 2.35. The molecule has 0 fully saturated rings. The first-order valence-corrected chi connectivity index (χ1v) is 12.4. The Morgan fingerprint density at radius 1 is 0.975 bits per heavy atom. The Balaban J connectivity index is 1.49. The van der Waals surface area contributed by atoms with E-state index in [2.05, 4.69) is 15.4 Å². The molecule has 0 aliphatic carbocycles. The molecule has 0 unspecified atom stereocenters. The summed E-state index contributed by atoms with van der Waals surface area (Å²) in [6.07, 6.45) is -4.85. The van der Waals surface area contributed by atoms with Gasteiger partial charge in [-0.25, -0.2) is 13.9 Å². The number of anilines is 1. The summed E-state index contributed by atoms with van der Waals surface area (Å²) in [5.74, 6) is -1.46. The van der Waals surface area contributed by atoms with Crippen LogP contribution in [0.1, 0.15) is 21.7 Å². The van der Waals surface area contributed by atoms with E-state index in [1.807, 2.05) is 31.2 Å². The van der Waals surface area contributed by atoms with E-state index in [0.717, 1.165) is 40.8 Å². The van der Waals surface area contributed by atoms with Gasteiger partial charge in [0.1, 0.15) is 5.82 Å². The number of carbonyl (C=O) groups is 1. The number of fused-ring (bicyclic) bond motifs is 1. The minimum absolute atomic E-state index is 0.0573. The van der Waals surface area contributed by atoms with Crippen LogP contribution in [0.15, 0.2) is 88.7 Å². The smallest absolute Gasteiger partial charge is 0.320 e. The number of nitrogens with one attached hydrogen (secondary N) is 1. The Kier molecular flexibility index (Phi) is 6.98. The van der Waals surface area contributed by atoms with Crippen molar-refractivity contribution in [2.45, 2.75) is 22.9 Å². The number of nitro benzene ring substituents is 1. The Morgan fingerprint density at radius 3 is 2.33 bits per heavy atom. The van der Waals surface area contributed by atoms with Crippen molar-refractivity contribution < 1.29 is 27.3 Å². The number of nitro groups is 1. The summed E-state index contributed by atoms with van der Waals surface area (Å²) in [4.78, 5) is 29.3. The first-order valence-electron chi connectivity index (χ1n) is 11.6. The van der Waals surface area contributed by atoms with Crippen molar-refractivity contribution in [3.63, 3.8) is 0 Å². The molecule has 5 rings (SSSR count). The molecule has 8 nitrogen and oxygen atoms in total. The number of aromatic nitrogens is 3. The summed E-state index contributed by atoms with van der Waals surface area (Å²) in [6.45, 7) is 1.92. The van der Waals surface area contributed by atoms with Gasteiger partial charge in [0.15, 0.2) is 17.0 Å². The predicted octanol–water partition coefficient (Wildman–Crippen LogP) is 7.17. The second-order valence-electron chi connectivity index (χ2n) is 8.67. The predicted molar refractivity (Wildman–Crippen MR) is 140 cm³/mol. The molecule has 3 aromatic carbocycles. The zero-order chi connectivity index (χ0) is 28.6. The number of carbonyl (C=O) groups excluding carboxylic acids is 1. The first kappa shape index (κ1) is 26.8. The van der Waals surface area contributed by atoms with Crippen LogP contribution in [0, 0.1) is 22.9 Å². The molecule has 0 spiro atoms. The summed E-state index contributed by atoms with van der Waals surface area (Å²) >= 11 is 1.24. The van der Waals surface area contributed by atoms with Gasteiger partial charge in [-0.05, 0) is 55.5 Å². The Labute approximate surface area is 227 Å². The molecule has 0 atom stereocenters. The number of halogens is 4. The highest BCUT2D eigenvalue weighted by molar-refractivity contribution is 7.99. The van der Waals surface area contributed by atoms with Crippen molar-refractivity contribution in [3.05, 3.63) is 112 Å². The molecule has 202 valence electrons. The molecule has 1 amide bonds. The number of non-ortho nitro benzene ring substituents is 1. The van der Waals surface area contributed by atoms with E-state index in [4.69, 9.17) is 0 Å². The third kappa shape index (κ3) is 5.78. The molecule has 13 heteroatoms. The lowest BCUT2D eigenvalue weighted by atomic mass is 10.1. The zero-order valence-electron chi connectivity index (χ0n) is 20.4. The standard InChI is InChI=1S/C27H17F4N5O3S/c1-15-2-8-20(9-3-15)40-21-11-18(10-19(12-21)36(38)39)32-26(37)23-14-25-33-22(16-4-6-17(28)7-5-16)13-24(27(29,30)31)35(25)34-23/h2-14H,1H3,(H,32,37). The summed E-state index contributed by atoms with van der Waals surface area (Å²) < 4.78 is 55.5. The third-order valence-electron chi connectivity index (χ3n) is 5.71. The third-order valence-corrected chi connectivity index (χ3v) is 6.69. The van der Waals surface area contributed by atoms with Crippen LogP contribution in [0.25, 0.3) is 16.9 Å². The number of aryl methyl sites for hydroxylation is 1. The minimum atomic E-state index is -4.85. The molecular weight excluding hydrogens is 550 g/mol. The van der Waals surface area contributed by atoms with E-state index in [9.17, 15) is 32.5 Å². The molecule has 2 aromatic heterocycles.